The van der Waals surface area contributed by atoms with E-state index >= 15 is 0 Å². The molecule has 1 saturated heterocycles. The zero-order valence-corrected chi connectivity index (χ0v) is 14.8. The van der Waals surface area contributed by atoms with E-state index in [1.807, 2.05) is 36.5 Å². The zero-order valence-electron chi connectivity index (χ0n) is 14.8. The van der Waals surface area contributed by atoms with Crippen LogP contribution in [-0.2, 0) is 9.53 Å². The molecule has 1 unspecified atom stereocenters. The van der Waals surface area contributed by atoms with Crippen LogP contribution in [0, 0.1) is 0 Å². The van der Waals surface area contributed by atoms with Crippen LogP contribution in [0.2, 0.25) is 0 Å². The van der Waals surface area contributed by atoms with Crippen LogP contribution in [0.4, 0.5) is 0 Å². The van der Waals surface area contributed by atoms with Crippen molar-refractivity contribution >= 4 is 5.97 Å². The summed E-state index contributed by atoms with van der Waals surface area (Å²) in [6, 6.07) is 0. The number of rotatable bonds is 14. The van der Waals surface area contributed by atoms with Gasteiger partial charge in [-0.25, -0.2) is 0 Å². The van der Waals surface area contributed by atoms with Gasteiger partial charge in [0, 0.05) is 6.42 Å². The minimum absolute atomic E-state index is 0.203. The molecule has 1 aliphatic heterocycles. The third-order valence-corrected chi connectivity index (χ3v) is 3.98. The molecular weight excluding hydrogens is 304 g/mol. The summed E-state index contributed by atoms with van der Waals surface area (Å²) in [5.41, 5.74) is 0. The van der Waals surface area contributed by atoms with Crippen molar-refractivity contribution in [1.29, 1.82) is 0 Å². The van der Waals surface area contributed by atoms with Crippen LogP contribution in [0.5, 0.6) is 0 Å². The van der Waals surface area contributed by atoms with Gasteiger partial charge >= 0.3 is 5.97 Å². The molecule has 0 radical (unpaired) electrons. The van der Waals surface area contributed by atoms with E-state index in [1.165, 1.54) is 19.3 Å². The third kappa shape index (κ3) is 11.2. The number of aliphatic hydroxyl groups excluding tert-OH is 1. The maximum Gasteiger partial charge on any atom is 0.303 e. The quantitative estimate of drug-likeness (QED) is 0.280. The molecule has 1 fully saturated rings. The fourth-order valence-electron chi connectivity index (χ4n) is 2.47. The van der Waals surface area contributed by atoms with Crippen LogP contribution < -0.4 is 0 Å². The highest BCUT2D eigenvalue weighted by Crippen LogP contribution is 2.28. The first-order chi connectivity index (χ1) is 11.6. The molecule has 1 rings (SSSR count). The highest BCUT2D eigenvalue weighted by atomic mass is 16.6. The second-order valence-corrected chi connectivity index (χ2v) is 6.29. The molecule has 0 bridgehead atoms. The van der Waals surface area contributed by atoms with E-state index in [1.54, 1.807) is 0 Å². The first-order valence-electron chi connectivity index (χ1n) is 9.17. The Morgan fingerprint density at radius 1 is 1.17 bits per heavy atom. The van der Waals surface area contributed by atoms with Gasteiger partial charge in [-0.1, -0.05) is 62.6 Å². The summed E-state index contributed by atoms with van der Waals surface area (Å²) < 4.78 is 5.56. The number of hydrogen-bond donors (Lipinski definition) is 2. The Morgan fingerprint density at radius 3 is 2.71 bits per heavy atom. The lowest BCUT2D eigenvalue weighted by atomic mass is 10.1. The standard InChI is InChI=1S/C20H32O4/c1-2-3-9-13-18-19(24-18)16-15-17(21)12-10-7-5-4-6-8-11-14-20(22)23/h4,6-7,10,15-19,21H,2-3,5,8-9,11-14H2,1H3,(H,22,23)/b6-4-,10-7-,16-15+/t17?,18-,19-/m0/s1. The van der Waals surface area contributed by atoms with Crippen molar-refractivity contribution in [3.05, 3.63) is 36.5 Å². The van der Waals surface area contributed by atoms with Gasteiger partial charge < -0.3 is 14.9 Å². The number of allylic oxidation sites excluding steroid dienone is 3. The van der Waals surface area contributed by atoms with Gasteiger partial charge in [-0.05, 0) is 32.1 Å². The smallest absolute Gasteiger partial charge is 0.303 e. The van der Waals surface area contributed by atoms with Gasteiger partial charge in [0.2, 0.25) is 0 Å². The van der Waals surface area contributed by atoms with Gasteiger partial charge in [-0.2, -0.15) is 0 Å². The summed E-state index contributed by atoms with van der Waals surface area (Å²) in [7, 11) is 0. The third-order valence-electron chi connectivity index (χ3n) is 3.98. The number of ether oxygens (including phenoxy) is 1. The summed E-state index contributed by atoms with van der Waals surface area (Å²) in [5.74, 6) is -0.741. The van der Waals surface area contributed by atoms with E-state index in [0.29, 0.717) is 18.9 Å². The Hall–Kier alpha value is -1.39. The van der Waals surface area contributed by atoms with Crippen molar-refractivity contribution < 1.29 is 19.7 Å². The van der Waals surface area contributed by atoms with Crippen LogP contribution in [-0.4, -0.2) is 34.5 Å². The Bertz CT molecular complexity index is 425. The lowest BCUT2D eigenvalue weighted by Gasteiger charge is -1.99. The van der Waals surface area contributed by atoms with E-state index in [0.717, 1.165) is 19.3 Å². The van der Waals surface area contributed by atoms with Crippen molar-refractivity contribution in [1.82, 2.24) is 0 Å². The van der Waals surface area contributed by atoms with Crippen LogP contribution in [0.15, 0.2) is 36.5 Å². The van der Waals surface area contributed by atoms with E-state index in [9.17, 15) is 9.90 Å². The SMILES string of the molecule is CCCCC[C@@H]1O[C@H]1/C=C/C(O)C/C=C\C/C=C\CCCC(=O)O. The molecule has 4 nitrogen and oxygen atoms in total. The summed E-state index contributed by atoms with van der Waals surface area (Å²) in [4.78, 5) is 10.3. The molecule has 4 heteroatoms. The average Bonchev–Trinajstić information content (AvgIpc) is 3.30. The summed E-state index contributed by atoms with van der Waals surface area (Å²) in [6.07, 6.45) is 19.9. The highest BCUT2D eigenvalue weighted by Gasteiger charge is 2.35. The maximum atomic E-state index is 10.3. The molecule has 3 atom stereocenters. The molecule has 0 aromatic heterocycles. The largest absolute Gasteiger partial charge is 0.481 e. The predicted octanol–water partition coefficient (Wildman–Crippen LogP) is 4.40. The number of aliphatic hydroxyl groups is 1. The molecule has 0 amide bonds. The van der Waals surface area contributed by atoms with E-state index in [2.05, 4.69) is 6.92 Å². The molecule has 0 aromatic carbocycles. The number of unbranched alkanes of at least 4 members (excludes halogenated alkanes) is 3. The molecule has 1 aliphatic rings. The Morgan fingerprint density at radius 2 is 1.96 bits per heavy atom. The predicted molar refractivity (Wildman–Crippen MR) is 97.0 cm³/mol. The highest BCUT2D eigenvalue weighted by molar-refractivity contribution is 5.66. The molecule has 0 aromatic rings. The zero-order chi connectivity index (χ0) is 17.6. The molecular formula is C20H32O4. The van der Waals surface area contributed by atoms with Gasteiger partial charge in [0.1, 0.15) is 6.10 Å². The fourth-order valence-corrected chi connectivity index (χ4v) is 2.47. The topological polar surface area (TPSA) is 70.1 Å². The Kier molecular flexibility index (Phi) is 11.2. The molecule has 2 N–H and O–H groups in total. The van der Waals surface area contributed by atoms with Crippen LogP contribution in [0.1, 0.15) is 64.7 Å². The minimum atomic E-state index is -0.741. The summed E-state index contributed by atoms with van der Waals surface area (Å²) in [6.45, 7) is 2.20. The van der Waals surface area contributed by atoms with Crippen LogP contribution >= 0.6 is 0 Å². The first-order valence-corrected chi connectivity index (χ1v) is 9.17. The van der Waals surface area contributed by atoms with Crippen molar-refractivity contribution in [3.8, 4) is 0 Å². The summed E-state index contributed by atoms with van der Waals surface area (Å²) >= 11 is 0. The van der Waals surface area contributed by atoms with E-state index < -0.39 is 12.1 Å². The van der Waals surface area contributed by atoms with Gasteiger partial charge in [-0.3, -0.25) is 4.79 Å². The monoisotopic (exact) mass is 336 g/mol. The molecule has 24 heavy (non-hydrogen) atoms. The van der Waals surface area contributed by atoms with Crippen molar-refractivity contribution in [2.45, 2.75) is 83.0 Å². The average molecular weight is 336 g/mol. The van der Waals surface area contributed by atoms with Gasteiger partial charge in [0.25, 0.3) is 0 Å². The van der Waals surface area contributed by atoms with Crippen molar-refractivity contribution in [2.75, 3.05) is 0 Å². The van der Waals surface area contributed by atoms with Crippen LogP contribution in [0.25, 0.3) is 0 Å². The molecule has 0 aliphatic carbocycles. The second kappa shape index (κ2) is 13.0. The summed E-state index contributed by atoms with van der Waals surface area (Å²) in [5, 5.41) is 18.4. The van der Waals surface area contributed by atoms with Crippen molar-refractivity contribution in [3.63, 3.8) is 0 Å². The van der Waals surface area contributed by atoms with Gasteiger partial charge in [0.05, 0.1) is 12.2 Å². The number of hydrogen-bond acceptors (Lipinski definition) is 3. The number of epoxide rings is 1. The Balaban J connectivity index is 2.01. The lowest BCUT2D eigenvalue weighted by molar-refractivity contribution is -0.137. The molecule has 0 spiro atoms. The fraction of sp³-hybridized carbons (Fsp3) is 0.650. The minimum Gasteiger partial charge on any atom is -0.481 e. The maximum absolute atomic E-state index is 10.3. The molecule has 0 saturated carbocycles. The number of carboxylic acids is 1. The normalized spacial score (nSPS) is 21.9. The number of aliphatic carboxylic acids is 1. The first kappa shape index (κ1) is 20.7. The lowest BCUT2D eigenvalue weighted by Crippen LogP contribution is -2.00. The Labute approximate surface area is 145 Å². The van der Waals surface area contributed by atoms with E-state index in [-0.39, 0.29) is 12.5 Å². The number of carbonyl (C=O) groups is 1. The van der Waals surface area contributed by atoms with Crippen molar-refractivity contribution in [2.24, 2.45) is 0 Å². The molecule has 1 heterocycles. The van der Waals surface area contributed by atoms with Gasteiger partial charge in [0.15, 0.2) is 0 Å². The van der Waals surface area contributed by atoms with E-state index in [4.69, 9.17) is 9.84 Å². The molecule has 136 valence electrons. The number of carboxylic acid groups (broad SMARTS) is 1. The second-order valence-electron chi connectivity index (χ2n) is 6.29. The van der Waals surface area contributed by atoms with Crippen LogP contribution in [0.3, 0.4) is 0 Å². The van der Waals surface area contributed by atoms with Gasteiger partial charge in [-0.15, -0.1) is 0 Å².